The highest BCUT2D eigenvalue weighted by molar-refractivity contribution is 5.85. The van der Waals surface area contributed by atoms with E-state index >= 15 is 4.79 Å². The SMILES string of the molecule is C=C(C)[C@@H]1CC[C@]2(C(=O)N3C[C@H](OCCOC)C[C@H]3c3ncc(-c4ccccc4)[nH]3)CC[C@]3(C)[C@H](CC[C@@H]4[C@@]5(C)CC[C@H](C)C(C)(C)[C@@H]5CC[C@]43C)[C@@H]12. The van der Waals surface area contributed by atoms with Gasteiger partial charge in [0, 0.05) is 20.1 Å². The molecular weight excluding hydrogens is 655 g/mol. The third-order valence-corrected chi connectivity index (χ3v) is 18.2. The van der Waals surface area contributed by atoms with Gasteiger partial charge in [0.2, 0.25) is 5.91 Å². The van der Waals surface area contributed by atoms with Crippen LogP contribution < -0.4 is 0 Å². The highest BCUT2D eigenvalue weighted by Crippen LogP contribution is 2.78. The van der Waals surface area contributed by atoms with Crippen LogP contribution in [0.15, 0.2) is 48.7 Å². The second-order valence-electron chi connectivity index (χ2n) is 20.3. The van der Waals surface area contributed by atoms with Crippen molar-refractivity contribution in [3.05, 3.63) is 54.5 Å². The molecule has 53 heavy (non-hydrogen) atoms. The van der Waals surface area contributed by atoms with E-state index in [1.807, 2.05) is 12.3 Å². The van der Waals surface area contributed by atoms with E-state index in [0.717, 1.165) is 66.9 Å². The van der Waals surface area contributed by atoms with Crippen molar-refractivity contribution in [2.24, 2.45) is 62.6 Å². The van der Waals surface area contributed by atoms with Crippen LogP contribution in [0.25, 0.3) is 11.3 Å². The lowest BCUT2D eigenvalue weighted by atomic mass is 9.32. The minimum absolute atomic E-state index is 0.0424. The van der Waals surface area contributed by atoms with Crippen LogP contribution in [0.4, 0.5) is 0 Å². The fourth-order valence-corrected chi connectivity index (χ4v) is 14.9. The number of benzene rings is 1. The molecule has 6 aliphatic rings. The van der Waals surface area contributed by atoms with Gasteiger partial charge >= 0.3 is 0 Å². The fraction of sp³-hybridized carbons (Fsp3) is 0.745. The first-order valence-corrected chi connectivity index (χ1v) is 21.4. The molecule has 1 saturated heterocycles. The van der Waals surface area contributed by atoms with Gasteiger partial charge < -0.3 is 19.4 Å². The maximum Gasteiger partial charge on any atom is 0.229 e. The van der Waals surface area contributed by atoms with Crippen LogP contribution in [0.5, 0.6) is 0 Å². The Hall–Kier alpha value is -2.44. The summed E-state index contributed by atoms with van der Waals surface area (Å²) in [6, 6.07) is 10.3. The Morgan fingerprint density at radius 2 is 1.70 bits per heavy atom. The quantitative estimate of drug-likeness (QED) is 0.217. The Bertz CT molecular complexity index is 1680. The zero-order valence-electron chi connectivity index (χ0n) is 34.3. The number of fused-ring (bicyclic) bond motifs is 7. The highest BCUT2D eigenvalue weighted by Gasteiger charge is 2.72. The fourth-order valence-electron chi connectivity index (χ4n) is 14.9. The van der Waals surface area contributed by atoms with Crippen LogP contribution in [0, 0.1) is 62.6 Å². The summed E-state index contributed by atoms with van der Waals surface area (Å²) in [4.78, 5) is 26.6. The second-order valence-corrected chi connectivity index (χ2v) is 20.3. The van der Waals surface area contributed by atoms with E-state index in [0.29, 0.717) is 54.2 Å². The number of nitrogens with zero attached hydrogens (tertiary/aromatic N) is 2. The van der Waals surface area contributed by atoms with Gasteiger partial charge in [-0.05, 0) is 134 Å². The van der Waals surface area contributed by atoms with Crippen molar-refractivity contribution in [2.45, 2.75) is 131 Å². The predicted octanol–water partition coefficient (Wildman–Crippen LogP) is 10.7. The summed E-state index contributed by atoms with van der Waals surface area (Å²) in [5.74, 6) is 4.84. The summed E-state index contributed by atoms with van der Waals surface area (Å²) in [6.45, 7) is 24.5. The van der Waals surface area contributed by atoms with Crippen LogP contribution in [0.3, 0.4) is 0 Å². The van der Waals surface area contributed by atoms with E-state index in [4.69, 9.17) is 14.5 Å². The highest BCUT2D eigenvalue weighted by atomic mass is 16.5. The molecular formula is C47H69N3O3. The number of carbonyl (C=O) groups excluding carboxylic acids is 1. The van der Waals surface area contributed by atoms with Crippen molar-refractivity contribution in [3.8, 4) is 11.3 Å². The second kappa shape index (κ2) is 13.4. The lowest BCUT2D eigenvalue weighted by Crippen LogP contribution is -2.67. The third kappa shape index (κ3) is 5.52. The summed E-state index contributed by atoms with van der Waals surface area (Å²) in [5, 5.41) is 0. The van der Waals surface area contributed by atoms with Crippen LogP contribution in [0.2, 0.25) is 0 Å². The summed E-state index contributed by atoms with van der Waals surface area (Å²) in [5.41, 5.74) is 4.31. The van der Waals surface area contributed by atoms with E-state index in [1.165, 1.54) is 44.1 Å². The summed E-state index contributed by atoms with van der Waals surface area (Å²) < 4.78 is 11.7. The average Bonchev–Trinajstić information content (AvgIpc) is 3.89. The Balaban J connectivity index is 1.13. The van der Waals surface area contributed by atoms with Gasteiger partial charge in [0.1, 0.15) is 5.82 Å². The number of nitrogens with one attached hydrogen (secondary N) is 1. The number of amides is 1. The predicted molar refractivity (Wildman–Crippen MR) is 213 cm³/mol. The number of ether oxygens (including phenoxy) is 2. The van der Waals surface area contributed by atoms with E-state index in [9.17, 15) is 0 Å². The molecule has 6 fully saturated rings. The Labute approximate surface area is 320 Å². The molecule has 6 nitrogen and oxygen atoms in total. The van der Waals surface area contributed by atoms with Crippen molar-refractivity contribution in [2.75, 3.05) is 26.9 Å². The molecule has 1 amide bonds. The molecule has 0 spiro atoms. The van der Waals surface area contributed by atoms with Gasteiger partial charge in [-0.1, -0.05) is 84.0 Å². The number of allylic oxidation sites excluding steroid dienone is 1. The zero-order valence-corrected chi connectivity index (χ0v) is 34.3. The molecule has 5 saturated carbocycles. The van der Waals surface area contributed by atoms with Crippen molar-refractivity contribution in [1.29, 1.82) is 0 Å². The molecule has 0 bridgehead atoms. The van der Waals surface area contributed by atoms with Gasteiger partial charge in [0.05, 0.1) is 42.7 Å². The summed E-state index contributed by atoms with van der Waals surface area (Å²) in [7, 11) is 1.72. The van der Waals surface area contributed by atoms with E-state index in [1.54, 1.807) is 7.11 Å². The minimum atomic E-state index is -0.366. The number of aromatic nitrogens is 2. The number of hydrogen-bond donors (Lipinski definition) is 1. The first kappa shape index (κ1) is 37.5. The smallest absolute Gasteiger partial charge is 0.229 e. The van der Waals surface area contributed by atoms with Gasteiger partial charge in [-0.25, -0.2) is 4.98 Å². The number of imidazole rings is 1. The Morgan fingerprint density at radius 1 is 0.925 bits per heavy atom. The normalized spacial score (nSPS) is 43.1. The molecule has 2 heterocycles. The molecule has 5 aliphatic carbocycles. The molecule has 290 valence electrons. The molecule has 1 N–H and O–H groups in total. The monoisotopic (exact) mass is 724 g/mol. The molecule has 12 atom stereocenters. The van der Waals surface area contributed by atoms with Gasteiger partial charge in [-0.15, -0.1) is 0 Å². The maximum absolute atomic E-state index is 15.8. The number of rotatable bonds is 8. The van der Waals surface area contributed by atoms with E-state index in [-0.39, 0.29) is 28.4 Å². The standard InChI is InChI=1S/C47H69N3O3/c1-30(2)34-18-22-47(42(51)50-29-33(53-26-25-52-9)27-37(50)41-48-28-36(49-41)32-13-11-10-12-14-32)24-23-45(7)35(40(34)47)15-16-39-44(6)20-17-31(3)43(4,5)38(44)19-21-46(39,45)8/h10-14,28,31,33-35,37-40H,1,15-27,29H2,2-9H3,(H,48,49)/t31-,33+,34-,35+,37-,38-,39+,40+,44-,45+,46+,47-/m0/s1. The largest absolute Gasteiger partial charge is 0.382 e. The molecule has 1 aromatic heterocycles. The van der Waals surface area contributed by atoms with Gasteiger partial charge in [-0.2, -0.15) is 0 Å². The first-order valence-electron chi connectivity index (χ1n) is 21.4. The average molecular weight is 724 g/mol. The van der Waals surface area contributed by atoms with Crippen LogP contribution >= 0.6 is 0 Å². The molecule has 6 heteroatoms. The molecule has 0 unspecified atom stereocenters. The van der Waals surface area contributed by atoms with Crippen LogP contribution in [-0.2, 0) is 14.3 Å². The molecule has 0 radical (unpaired) electrons. The summed E-state index contributed by atoms with van der Waals surface area (Å²) in [6.07, 6.45) is 14.8. The lowest BCUT2D eigenvalue weighted by Gasteiger charge is -2.73. The number of carbonyl (C=O) groups is 1. The van der Waals surface area contributed by atoms with E-state index in [2.05, 4.69) is 89.2 Å². The van der Waals surface area contributed by atoms with Crippen molar-refractivity contribution >= 4 is 5.91 Å². The summed E-state index contributed by atoms with van der Waals surface area (Å²) >= 11 is 0. The number of likely N-dealkylation sites (tertiary alicyclic amines) is 1. The van der Waals surface area contributed by atoms with Gasteiger partial charge in [-0.3, -0.25) is 4.79 Å². The van der Waals surface area contributed by atoms with Gasteiger partial charge in [0.25, 0.3) is 0 Å². The molecule has 1 aliphatic heterocycles. The Kier molecular flexibility index (Phi) is 9.44. The molecule has 1 aromatic carbocycles. The van der Waals surface area contributed by atoms with Gasteiger partial charge in [0.15, 0.2) is 0 Å². The van der Waals surface area contributed by atoms with Crippen molar-refractivity contribution in [1.82, 2.24) is 14.9 Å². The van der Waals surface area contributed by atoms with Crippen LogP contribution in [0.1, 0.15) is 131 Å². The lowest BCUT2D eigenvalue weighted by molar-refractivity contribution is -0.242. The maximum atomic E-state index is 15.8. The minimum Gasteiger partial charge on any atom is -0.382 e. The molecule has 8 rings (SSSR count). The topological polar surface area (TPSA) is 67.5 Å². The van der Waals surface area contributed by atoms with Crippen molar-refractivity contribution < 1.29 is 14.3 Å². The number of hydrogen-bond acceptors (Lipinski definition) is 4. The zero-order chi connectivity index (χ0) is 37.6. The number of H-pyrrole nitrogens is 1. The number of methoxy groups -OCH3 is 1. The first-order chi connectivity index (χ1) is 25.2. The Morgan fingerprint density at radius 3 is 2.43 bits per heavy atom. The van der Waals surface area contributed by atoms with Crippen LogP contribution in [-0.4, -0.2) is 53.7 Å². The number of aromatic amines is 1. The van der Waals surface area contributed by atoms with Crippen molar-refractivity contribution in [3.63, 3.8) is 0 Å². The van der Waals surface area contributed by atoms with E-state index < -0.39 is 0 Å². The third-order valence-electron chi connectivity index (χ3n) is 18.2. The molecule has 2 aromatic rings.